The monoisotopic (exact) mass is 403 g/mol. The molecule has 1 aromatic rings. The van der Waals surface area contributed by atoms with Crippen molar-refractivity contribution >= 4 is 11.8 Å². The molecule has 0 bridgehead atoms. The van der Waals surface area contributed by atoms with Crippen molar-refractivity contribution in [1.82, 2.24) is 4.90 Å². The van der Waals surface area contributed by atoms with Crippen LogP contribution in [0.3, 0.4) is 0 Å². The van der Waals surface area contributed by atoms with Crippen LogP contribution in [0.2, 0.25) is 0 Å². The number of nitrogens with one attached hydrogen (secondary N) is 1. The third-order valence-electron chi connectivity index (χ3n) is 5.84. The molecule has 164 valence electrons. The molecule has 1 aromatic carbocycles. The number of hydrogen-bond donors (Lipinski definition) is 2. The highest BCUT2D eigenvalue weighted by Gasteiger charge is 2.18. The van der Waals surface area contributed by atoms with Gasteiger partial charge in [0.25, 0.3) is 0 Å². The number of aryl methyl sites for hydroxylation is 1. The van der Waals surface area contributed by atoms with E-state index in [9.17, 15) is 5.11 Å². The second-order valence-electron chi connectivity index (χ2n) is 8.60. The molecule has 0 radical (unpaired) electrons. The van der Waals surface area contributed by atoms with E-state index in [1.807, 2.05) is 19.1 Å². The minimum absolute atomic E-state index is 0.0273. The molecular formula is C25H43N2O2+. The van der Waals surface area contributed by atoms with Crippen LogP contribution >= 0.6 is 0 Å². The van der Waals surface area contributed by atoms with Crippen molar-refractivity contribution in [2.24, 2.45) is 0 Å². The zero-order valence-corrected chi connectivity index (χ0v) is 18.8. The van der Waals surface area contributed by atoms with Gasteiger partial charge in [0.1, 0.15) is 6.10 Å². The Balaban J connectivity index is 1.74. The summed E-state index contributed by atoms with van der Waals surface area (Å²) in [5.74, 6) is 0. The van der Waals surface area contributed by atoms with E-state index in [-0.39, 0.29) is 12.2 Å². The van der Waals surface area contributed by atoms with Crippen LogP contribution in [0.5, 0.6) is 0 Å². The third kappa shape index (κ3) is 10.2. The number of unbranched alkanes of at least 4 members (excludes halogenated alkanes) is 7. The van der Waals surface area contributed by atoms with Crippen molar-refractivity contribution in [2.45, 2.75) is 97.0 Å². The Bertz CT molecular complexity index is 582. The molecule has 0 unspecified atom stereocenters. The van der Waals surface area contributed by atoms with Gasteiger partial charge in [-0.25, -0.2) is 0 Å². The molecule has 1 saturated heterocycles. The predicted octanol–water partition coefficient (Wildman–Crippen LogP) is 4.89. The summed E-state index contributed by atoms with van der Waals surface area (Å²) >= 11 is 0. The summed E-state index contributed by atoms with van der Waals surface area (Å²) in [6.45, 7) is 7.44. The number of aliphatic hydroxyl groups is 1. The van der Waals surface area contributed by atoms with E-state index in [0.29, 0.717) is 0 Å². The molecule has 0 saturated carbocycles. The topological polar surface area (TPSA) is 46.7 Å². The number of hydrogen-bond acceptors (Lipinski definition) is 2. The predicted molar refractivity (Wildman–Crippen MR) is 122 cm³/mol. The van der Waals surface area contributed by atoms with Crippen LogP contribution in [-0.4, -0.2) is 41.8 Å². The lowest BCUT2D eigenvalue weighted by atomic mass is 10.0. The van der Waals surface area contributed by atoms with E-state index in [0.717, 1.165) is 31.7 Å². The smallest absolute Gasteiger partial charge is 0.430 e. The fraction of sp³-hybridized carbons (Fsp3) is 0.720. The molecule has 1 atom stereocenters. The Labute approximate surface area is 178 Å². The van der Waals surface area contributed by atoms with Gasteiger partial charge in [-0.15, -0.1) is 4.99 Å². The van der Waals surface area contributed by atoms with Crippen LogP contribution in [-0.2, 0) is 11.2 Å². The second kappa shape index (κ2) is 14.4. The molecule has 2 N–H and O–H groups in total. The Morgan fingerprint density at radius 1 is 1.00 bits per heavy atom. The minimum Gasteiger partial charge on any atom is -0.430 e. The van der Waals surface area contributed by atoms with E-state index in [1.165, 1.54) is 76.2 Å². The fourth-order valence-corrected chi connectivity index (χ4v) is 4.19. The summed E-state index contributed by atoms with van der Waals surface area (Å²) in [5, 5.41) is 10.3. The van der Waals surface area contributed by atoms with Gasteiger partial charge in [-0.05, 0) is 45.7 Å². The van der Waals surface area contributed by atoms with Gasteiger partial charge in [-0.3, -0.25) is 4.90 Å². The second-order valence-corrected chi connectivity index (χ2v) is 8.60. The Hall–Kier alpha value is -1.55. The van der Waals surface area contributed by atoms with Gasteiger partial charge in [0.05, 0.1) is 0 Å². The molecule has 0 amide bonds. The standard InChI is InChI=1S/C25H42N2O2/c1-3-4-5-6-7-8-9-11-16-23-17-12-13-18-24(23)26-25(28)29-22(2)21-27-19-14-10-15-20-27/h12-13,17-18,22H,3-11,14-16,19-21H2,1-2H3,(H,26,28)/p+1/t22-/m0/s1. The largest absolute Gasteiger partial charge is 0.551 e. The number of likely N-dealkylation sites (tertiary alicyclic amines) is 1. The summed E-state index contributed by atoms with van der Waals surface area (Å²) in [7, 11) is 0. The molecule has 0 aliphatic carbocycles. The van der Waals surface area contributed by atoms with Gasteiger partial charge in [0.15, 0.2) is 0 Å². The van der Waals surface area contributed by atoms with Crippen LogP contribution in [0.4, 0.5) is 5.69 Å². The molecule has 4 nitrogen and oxygen atoms in total. The molecule has 1 aliphatic rings. The van der Waals surface area contributed by atoms with Gasteiger partial charge in [0.2, 0.25) is 5.69 Å². The van der Waals surface area contributed by atoms with E-state index in [4.69, 9.17) is 4.74 Å². The highest BCUT2D eigenvalue weighted by Crippen LogP contribution is 2.15. The molecule has 1 heterocycles. The average molecular weight is 404 g/mol. The zero-order valence-electron chi connectivity index (χ0n) is 18.8. The first-order chi connectivity index (χ1) is 14.2. The third-order valence-corrected chi connectivity index (χ3v) is 5.84. The van der Waals surface area contributed by atoms with Crippen molar-refractivity contribution < 1.29 is 14.8 Å². The number of aliphatic hydroxyl groups excluding tert-OH is 1. The van der Waals surface area contributed by atoms with Crippen molar-refractivity contribution in [2.75, 3.05) is 19.6 Å². The lowest BCUT2D eigenvalue weighted by Crippen LogP contribution is -2.68. The van der Waals surface area contributed by atoms with Crippen LogP contribution in [0.25, 0.3) is 0 Å². The van der Waals surface area contributed by atoms with Crippen molar-refractivity contribution in [3.8, 4) is 0 Å². The molecule has 29 heavy (non-hydrogen) atoms. The number of ether oxygens (including phenoxy) is 1. The first-order valence-electron chi connectivity index (χ1n) is 12.0. The van der Waals surface area contributed by atoms with Gasteiger partial charge in [-0.1, -0.05) is 76.5 Å². The highest BCUT2D eigenvalue weighted by molar-refractivity contribution is 5.59. The Kier molecular flexibility index (Phi) is 11.8. The van der Waals surface area contributed by atoms with E-state index >= 15 is 0 Å². The molecule has 1 fully saturated rings. The first-order valence-corrected chi connectivity index (χ1v) is 12.0. The van der Waals surface area contributed by atoms with Crippen LogP contribution < -0.4 is 4.99 Å². The van der Waals surface area contributed by atoms with Gasteiger partial charge in [0, 0.05) is 18.2 Å². The highest BCUT2D eigenvalue weighted by atomic mass is 16.6. The van der Waals surface area contributed by atoms with E-state index in [2.05, 4.69) is 28.9 Å². The van der Waals surface area contributed by atoms with Crippen molar-refractivity contribution in [1.29, 1.82) is 0 Å². The quantitative estimate of drug-likeness (QED) is 0.280. The summed E-state index contributed by atoms with van der Waals surface area (Å²) in [4.78, 5) is 5.51. The maximum absolute atomic E-state index is 10.3. The molecule has 1 aliphatic heterocycles. The minimum atomic E-state index is -0.0853. The maximum Gasteiger partial charge on any atom is 0.551 e. The van der Waals surface area contributed by atoms with Gasteiger partial charge >= 0.3 is 6.08 Å². The SMILES string of the molecule is CCCCCCCCCCc1ccccc1[NH+]=C(O)O[C@@H](C)CN1CCCCC1. The number of nitrogens with zero attached hydrogens (tertiary/aromatic N) is 1. The number of piperidine rings is 1. The lowest BCUT2D eigenvalue weighted by molar-refractivity contribution is -0.384. The van der Waals surface area contributed by atoms with Crippen LogP contribution in [0.15, 0.2) is 24.3 Å². The summed E-state index contributed by atoms with van der Waals surface area (Å²) in [6, 6.07) is 8.25. The Morgan fingerprint density at radius 2 is 1.66 bits per heavy atom. The molecule has 2 rings (SSSR count). The lowest BCUT2D eigenvalue weighted by Gasteiger charge is -2.28. The molecule has 4 heteroatoms. The summed E-state index contributed by atoms with van der Waals surface area (Å²) in [6.07, 6.45) is 15.4. The fourth-order valence-electron chi connectivity index (χ4n) is 4.19. The molecule has 0 spiro atoms. The van der Waals surface area contributed by atoms with Crippen molar-refractivity contribution in [3.05, 3.63) is 29.8 Å². The van der Waals surface area contributed by atoms with Crippen LogP contribution in [0, 0.1) is 0 Å². The zero-order chi connectivity index (χ0) is 20.7. The van der Waals surface area contributed by atoms with Crippen LogP contribution in [0.1, 0.15) is 90.0 Å². The normalized spacial score (nSPS) is 16.7. The number of rotatable bonds is 13. The van der Waals surface area contributed by atoms with E-state index in [1.54, 1.807) is 0 Å². The molecule has 0 aromatic heterocycles. The maximum atomic E-state index is 10.3. The average Bonchev–Trinajstić information content (AvgIpc) is 2.71. The molecular weight excluding hydrogens is 360 g/mol. The van der Waals surface area contributed by atoms with Crippen molar-refractivity contribution in [3.63, 3.8) is 0 Å². The first kappa shape index (κ1) is 23.7. The van der Waals surface area contributed by atoms with E-state index < -0.39 is 0 Å². The Morgan fingerprint density at radius 3 is 2.38 bits per heavy atom. The van der Waals surface area contributed by atoms with Gasteiger partial charge in [-0.2, -0.15) is 0 Å². The number of benzene rings is 1. The summed E-state index contributed by atoms with van der Waals surface area (Å²) in [5.41, 5.74) is 2.20. The van der Waals surface area contributed by atoms with Gasteiger partial charge < -0.3 is 9.84 Å². The number of para-hydroxylation sites is 1. The summed E-state index contributed by atoms with van der Waals surface area (Å²) < 4.78 is 5.72.